The molecule has 4 amide bonds. The number of pyridine rings is 4. The van der Waals surface area contributed by atoms with Gasteiger partial charge in [-0.25, -0.2) is 19.9 Å². The number of aromatic nitrogens is 8. The number of hydrogen-bond donors (Lipinski definition) is 5. The van der Waals surface area contributed by atoms with E-state index in [1.807, 2.05) is 127 Å². The van der Waals surface area contributed by atoms with E-state index >= 15 is 0 Å². The second kappa shape index (κ2) is 46.4. The molecule has 0 radical (unpaired) electrons. The van der Waals surface area contributed by atoms with Gasteiger partial charge in [0.2, 0.25) is 0 Å². The van der Waals surface area contributed by atoms with Crippen molar-refractivity contribution in [2.75, 3.05) is 141 Å². The molecule has 0 unspecified atom stereocenters. The lowest BCUT2D eigenvalue weighted by molar-refractivity contribution is 0.000164. The summed E-state index contributed by atoms with van der Waals surface area (Å²) in [5.41, 5.74) is 9.11. The number of fused-ring (bicyclic) bond motifs is 4. The van der Waals surface area contributed by atoms with Gasteiger partial charge in [0.05, 0.1) is 127 Å². The molecule has 4 aromatic carbocycles. The van der Waals surface area contributed by atoms with Gasteiger partial charge in [0.25, 0.3) is 23.6 Å². The number of aromatic amines is 1. The van der Waals surface area contributed by atoms with Crippen LogP contribution in [0, 0.1) is 35.5 Å². The Labute approximate surface area is 734 Å². The monoisotopic (exact) mass is 1720 g/mol. The minimum Gasteiger partial charge on any atom is -0.491 e. The fraction of sp³-hybridized carbons (Fsp3) is 0.375. The maximum absolute atomic E-state index is 12.7. The lowest BCUT2D eigenvalue weighted by atomic mass is 9.89. The number of hydrogen-bond acceptors (Lipinski definition) is 22. The van der Waals surface area contributed by atoms with Gasteiger partial charge in [-0.1, -0.05) is 118 Å². The Morgan fingerprint density at radius 1 is 0.325 bits per heavy atom. The van der Waals surface area contributed by atoms with E-state index in [2.05, 4.69) is 46.2 Å². The highest BCUT2D eigenvalue weighted by atomic mass is 16.6. The number of ether oxygens (including phenoxy) is 10. The predicted molar refractivity (Wildman–Crippen MR) is 484 cm³/mol. The van der Waals surface area contributed by atoms with Crippen molar-refractivity contribution in [1.82, 2.24) is 38.1 Å². The predicted octanol–water partition coefficient (Wildman–Crippen LogP) is 16.3. The van der Waals surface area contributed by atoms with E-state index in [4.69, 9.17) is 47.4 Å². The van der Waals surface area contributed by atoms with E-state index in [-0.39, 0.29) is 46.8 Å². The van der Waals surface area contributed by atoms with Crippen molar-refractivity contribution >= 4 is 97.5 Å². The van der Waals surface area contributed by atoms with Crippen LogP contribution in [0.2, 0.25) is 0 Å². The zero-order valence-electron chi connectivity index (χ0n) is 74.7. The summed E-state index contributed by atoms with van der Waals surface area (Å²) in [6.07, 6.45) is 11.9. The molecule has 0 saturated heterocycles. The molecule has 0 aliphatic heterocycles. The van der Waals surface area contributed by atoms with Crippen LogP contribution in [0.1, 0.15) is 178 Å². The Hall–Kier alpha value is -12.5. The molecule has 0 spiro atoms. The molecule has 30 heteroatoms. The highest BCUT2D eigenvalue weighted by Crippen LogP contribution is 2.29. The molecular formula is C96H116N12O18. The highest BCUT2D eigenvalue weighted by Gasteiger charge is 2.29. The Morgan fingerprint density at radius 2 is 0.603 bits per heavy atom. The summed E-state index contributed by atoms with van der Waals surface area (Å²) in [6, 6.07) is 42.7. The smallest absolute Gasteiger partial charge is 0.255 e. The third-order valence-corrected chi connectivity index (χ3v) is 18.7. The SMILES string of the molecule is COCCOCCOCCOCCOc1ccc(C(=O)Nc2ccc3nc(C(=O)C(C)(C)C)cn3c2)cc1.COCCOCCOCCOCCOc1ccc(C(=O)Nc2ccc3nc(C(=O)C(C)(C)C)cn3c2)cc1.Cc1ccc(C(=O)Nc2ccc3nc(C(=O)C(C)(C)C)cn3c2)cc1.Cc1ccc(C(=O)Nc2cnc3[nH]c(C(=O)C(C)(C)C)cc3c2)cc1. The summed E-state index contributed by atoms with van der Waals surface area (Å²) in [4.78, 5) is 120. The summed E-state index contributed by atoms with van der Waals surface area (Å²) >= 11 is 0. The number of amides is 4. The molecule has 0 aliphatic carbocycles. The number of nitrogens with one attached hydrogen (secondary N) is 5. The first kappa shape index (κ1) is 97.3. The average molecular weight is 1730 g/mol. The topological polar surface area (TPSA) is 358 Å². The number of carbonyl (C=O) groups is 8. The van der Waals surface area contributed by atoms with Gasteiger partial charge < -0.3 is 86.8 Å². The van der Waals surface area contributed by atoms with E-state index in [1.54, 1.807) is 186 Å². The number of carbonyl (C=O) groups excluding carboxylic acids is 8. The van der Waals surface area contributed by atoms with Gasteiger partial charge in [0.1, 0.15) is 64.4 Å². The maximum Gasteiger partial charge on any atom is 0.255 e. The molecule has 8 aromatic heterocycles. The molecule has 30 nitrogen and oxygen atoms in total. The van der Waals surface area contributed by atoms with Gasteiger partial charge in [-0.05, 0) is 135 Å². The fourth-order valence-electron chi connectivity index (χ4n) is 11.7. The minimum atomic E-state index is -0.521. The van der Waals surface area contributed by atoms with Gasteiger partial charge >= 0.3 is 0 Å². The number of nitrogens with zero attached hydrogens (tertiary/aromatic N) is 7. The second-order valence-corrected chi connectivity index (χ2v) is 33.5. The standard InChI is InChI=1S/2C28H37N3O7.2C20H21N3O2/c2*1-28(2,3)26(32)24-20-31-19-22(7-10-25(31)30-24)29-27(33)21-5-8-23(9-6-21)38-18-17-37-16-15-36-14-13-35-12-11-34-4;1-12-5-7-13(8-6-12)19(25)22-15-9-14-10-16(17(24)20(2,3)4)23-18(14)21-11-15;1-13-5-7-14(8-6-13)19(25)21-15-9-10-17-22-16(12-23(17)11-15)18(24)20(2,3)4/h2*5-10,19-20H,11-18H2,1-4H3,(H,29,33);5-11H,1-4H3,(H,21,23)(H,22,25);5-12H,1-4H3,(H,21,25). The normalized spacial score (nSPS) is 11.6. The van der Waals surface area contributed by atoms with Crippen molar-refractivity contribution in [3.63, 3.8) is 0 Å². The fourth-order valence-corrected chi connectivity index (χ4v) is 11.7. The number of benzene rings is 4. The third-order valence-electron chi connectivity index (χ3n) is 18.7. The van der Waals surface area contributed by atoms with Crippen LogP contribution < -0.4 is 30.7 Å². The number of Topliss-reactive ketones (excluding diaryl/α,β-unsaturated/α-hetero) is 4. The van der Waals surface area contributed by atoms with Crippen molar-refractivity contribution < 1.29 is 85.7 Å². The lowest BCUT2D eigenvalue weighted by Crippen LogP contribution is -2.20. The first-order valence-corrected chi connectivity index (χ1v) is 41.5. The molecule has 0 bridgehead atoms. The summed E-state index contributed by atoms with van der Waals surface area (Å²) in [5.74, 6) is 0.348. The van der Waals surface area contributed by atoms with Crippen LogP contribution in [-0.2, 0) is 37.9 Å². The second-order valence-electron chi connectivity index (χ2n) is 33.5. The van der Waals surface area contributed by atoms with Crippen molar-refractivity contribution in [2.45, 2.75) is 96.9 Å². The van der Waals surface area contributed by atoms with Crippen molar-refractivity contribution in [2.24, 2.45) is 21.7 Å². The average Bonchev–Trinajstić information content (AvgIpc) is 1.67. The zero-order chi connectivity index (χ0) is 91.1. The molecule has 668 valence electrons. The Bertz CT molecular complexity index is 5270. The van der Waals surface area contributed by atoms with Crippen LogP contribution in [0.3, 0.4) is 0 Å². The summed E-state index contributed by atoms with van der Waals surface area (Å²) in [5, 5.41) is 12.2. The molecule has 12 rings (SSSR count). The van der Waals surface area contributed by atoms with Crippen LogP contribution in [0.5, 0.6) is 11.5 Å². The number of anilines is 4. The molecule has 0 atom stereocenters. The van der Waals surface area contributed by atoms with Gasteiger partial charge in [0, 0.05) is 101 Å². The van der Waals surface area contributed by atoms with E-state index in [0.29, 0.717) is 208 Å². The van der Waals surface area contributed by atoms with Crippen LogP contribution in [0.15, 0.2) is 189 Å². The largest absolute Gasteiger partial charge is 0.491 e. The van der Waals surface area contributed by atoms with Gasteiger partial charge in [-0.2, -0.15) is 0 Å². The van der Waals surface area contributed by atoms with Crippen LogP contribution in [-0.4, -0.2) is 205 Å². The summed E-state index contributed by atoms with van der Waals surface area (Å²) in [7, 11) is 3.27. The third kappa shape index (κ3) is 30.4. The van der Waals surface area contributed by atoms with Crippen LogP contribution >= 0.6 is 0 Å². The number of aryl methyl sites for hydroxylation is 2. The van der Waals surface area contributed by atoms with Crippen molar-refractivity contribution in [3.05, 3.63) is 245 Å². The number of methoxy groups -OCH3 is 2. The van der Waals surface area contributed by atoms with Crippen LogP contribution in [0.4, 0.5) is 22.7 Å². The Kier molecular flexibility index (Phi) is 35.9. The van der Waals surface area contributed by atoms with E-state index in [1.165, 1.54) is 0 Å². The molecule has 12 aromatic rings. The van der Waals surface area contributed by atoms with Crippen molar-refractivity contribution in [1.29, 1.82) is 0 Å². The van der Waals surface area contributed by atoms with Crippen LogP contribution in [0.25, 0.3) is 28.0 Å². The minimum absolute atomic E-state index is 0.0126. The number of ketones is 4. The molecule has 5 N–H and O–H groups in total. The molecule has 0 saturated carbocycles. The van der Waals surface area contributed by atoms with E-state index in [9.17, 15) is 38.4 Å². The Balaban J connectivity index is 0.000000193. The zero-order valence-corrected chi connectivity index (χ0v) is 74.7. The first-order chi connectivity index (χ1) is 60.0. The number of rotatable bonds is 38. The van der Waals surface area contributed by atoms with Gasteiger partial charge in [-0.15, -0.1) is 0 Å². The molecule has 8 heterocycles. The highest BCUT2D eigenvalue weighted by molar-refractivity contribution is 6.08. The Morgan fingerprint density at radius 3 is 0.897 bits per heavy atom. The molecule has 126 heavy (non-hydrogen) atoms. The number of imidazole rings is 3. The first-order valence-electron chi connectivity index (χ1n) is 41.5. The lowest BCUT2D eigenvalue weighted by Gasteiger charge is -2.14. The summed E-state index contributed by atoms with van der Waals surface area (Å²) in [6.45, 7) is 34.2. The maximum atomic E-state index is 12.7. The van der Waals surface area contributed by atoms with Gasteiger partial charge in [0.15, 0.2) is 23.1 Å². The molecule has 0 fully saturated rings. The summed E-state index contributed by atoms with van der Waals surface area (Å²) < 4.78 is 58.8. The van der Waals surface area contributed by atoms with E-state index < -0.39 is 21.7 Å². The molecular weight excluding hydrogens is 1610 g/mol. The van der Waals surface area contributed by atoms with Crippen molar-refractivity contribution in [3.8, 4) is 11.5 Å². The van der Waals surface area contributed by atoms with Gasteiger partial charge in [-0.3, -0.25) is 38.4 Å². The van der Waals surface area contributed by atoms with E-state index in [0.717, 1.165) is 16.5 Å². The molecule has 0 aliphatic rings. The quantitative estimate of drug-likeness (QED) is 0.0177. The number of H-pyrrole nitrogens is 1.